The summed E-state index contributed by atoms with van der Waals surface area (Å²) in [6, 6.07) is 16.1. The van der Waals surface area contributed by atoms with Gasteiger partial charge in [-0.15, -0.1) is 0 Å². The summed E-state index contributed by atoms with van der Waals surface area (Å²) < 4.78 is 1.87. The van der Waals surface area contributed by atoms with E-state index < -0.39 is 5.91 Å². The van der Waals surface area contributed by atoms with Gasteiger partial charge in [0.2, 0.25) is 5.95 Å². The fraction of sp³-hybridized carbons (Fsp3) is 0.0476. The molecule has 0 unspecified atom stereocenters. The number of nitrogens with zero attached hydrogens (tertiary/aromatic N) is 3. The molecule has 0 aliphatic heterocycles. The van der Waals surface area contributed by atoms with Gasteiger partial charge in [0.05, 0.1) is 5.56 Å². The number of carbonyl (C=O) groups excluding carboxylic acids is 2. The van der Waals surface area contributed by atoms with Crippen LogP contribution in [0.15, 0.2) is 73.2 Å². The third kappa shape index (κ3) is 3.91. The SMILES string of the molecule is Cn1cc(C(=O)NNC(=O)c2cccc(Nc3ncccn3)c2)c2ccccc21. The molecule has 8 heteroatoms. The first-order valence-corrected chi connectivity index (χ1v) is 8.90. The molecule has 0 saturated heterocycles. The highest BCUT2D eigenvalue weighted by Gasteiger charge is 2.15. The lowest BCUT2D eigenvalue weighted by Gasteiger charge is -2.09. The second kappa shape index (κ2) is 7.81. The van der Waals surface area contributed by atoms with E-state index >= 15 is 0 Å². The van der Waals surface area contributed by atoms with Gasteiger partial charge in [0.1, 0.15) is 0 Å². The Hall–Kier alpha value is -4.20. The van der Waals surface area contributed by atoms with Crippen LogP contribution in [0, 0.1) is 0 Å². The van der Waals surface area contributed by atoms with Crippen LogP contribution in [0.2, 0.25) is 0 Å². The molecule has 4 aromatic rings. The number of rotatable bonds is 4. The van der Waals surface area contributed by atoms with E-state index in [-0.39, 0.29) is 5.91 Å². The number of para-hydroxylation sites is 1. The normalized spacial score (nSPS) is 10.5. The monoisotopic (exact) mass is 386 g/mol. The van der Waals surface area contributed by atoms with E-state index in [2.05, 4.69) is 26.1 Å². The molecule has 0 aliphatic carbocycles. The zero-order chi connectivity index (χ0) is 20.2. The molecule has 2 aromatic heterocycles. The summed E-state index contributed by atoms with van der Waals surface area (Å²) in [5, 5.41) is 3.84. The Morgan fingerprint density at radius 1 is 0.897 bits per heavy atom. The van der Waals surface area contributed by atoms with Crippen LogP contribution >= 0.6 is 0 Å². The van der Waals surface area contributed by atoms with Crippen molar-refractivity contribution in [2.75, 3.05) is 5.32 Å². The van der Waals surface area contributed by atoms with Gasteiger partial charge >= 0.3 is 0 Å². The number of hydrogen-bond donors (Lipinski definition) is 3. The Morgan fingerprint density at radius 2 is 1.66 bits per heavy atom. The average Bonchev–Trinajstić information content (AvgIpc) is 3.10. The standard InChI is InChI=1S/C21H18N6O2/c1-27-13-17(16-8-2-3-9-18(16)27)20(29)26-25-19(28)14-6-4-7-15(12-14)24-21-22-10-5-11-23-21/h2-13H,1H3,(H,25,28)(H,26,29)(H,22,23,24). The molecule has 3 N–H and O–H groups in total. The highest BCUT2D eigenvalue weighted by Crippen LogP contribution is 2.20. The smallest absolute Gasteiger partial charge is 0.271 e. The van der Waals surface area contributed by atoms with Crippen molar-refractivity contribution in [1.29, 1.82) is 0 Å². The first kappa shape index (κ1) is 18.2. The van der Waals surface area contributed by atoms with Gasteiger partial charge < -0.3 is 9.88 Å². The molecule has 0 fully saturated rings. The molecule has 8 nitrogen and oxygen atoms in total. The molecule has 2 aromatic carbocycles. The molecule has 0 radical (unpaired) electrons. The number of benzene rings is 2. The maximum absolute atomic E-state index is 12.5. The number of fused-ring (bicyclic) bond motifs is 1. The van der Waals surface area contributed by atoms with E-state index in [0.29, 0.717) is 22.8 Å². The largest absolute Gasteiger partial charge is 0.350 e. The summed E-state index contributed by atoms with van der Waals surface area (Å²) in [4.78, 5) is 33.2. The highest BCUT2D eigenvalue weighted by atomic mass is 16.2. The molecule has 4 rings (SSSR count). The van der Waals surface area contributed by atoms with Crippen LogP contribution < -0.4 is 16.2 Å². The van der Waals surface area contributed by atoms with Crippen molar-refractivity contribution in [3.05, 3.63) is 84.3 Å². The fourth-order valence-corrected chi connectivity index (χ4v) is 3.01. The summed E-state index contributed by atoms with van der Waals surface area (Å²) in [6.07, 6.45) is 4.97. The van der Waals surface area contributed by atoms with Crippen molar-refractivity contribution in [3.63, 3.8) is 0 Å². The lowest BCUT2D eigenvalue weighted by molar-refractivity contribution is 0.0847. The predicted octanol–water partition coefficient (Wildman–Crippen LogP) is 2.79. The van der Waals surface area contributed by atoms with Crippen molar-refractivity contribution in [3.8, 4) is 0 Å². The second-order valence-corrected chi connectivity index (χ2v) is 6.36. The van der Waals surface area contributed by atoms with Crippen LogP contribution in [0.1, 0.15) is 20.7 Å². The number of hydrogen-bond acceptors (Lipinski definition) is 5. The summed E-state index contributed by atoms with van der Waals surface area (Å²) in [5.41, 5.74) is 7.39. The predicted molar refractivity (Wildman–Crippen MR) is 110 cm³/mol. The van der Waals surface area contributed by atoms with Crippen LogP contribution in [0.3, 0.4) is 0 Å². The minimum atomic E-state index is -0.434. The van der Waals surface area contributed by atoms with Crippen LogP contribution in [0.25, 0.3) is 10.9 Å². The summed E-state index contributed by atoms with van der Waals surface area (Å²) in [6.45, 7) is 0. The Bertz CT molecular complexity index is 1190. The number of nitrogens with one attached hydrogen (secondary N) is 3. The highest BCUT2D eigenvalue weighted by molar-refractivity contribution is 6.08. The number of hydrazine groups is 1. The van der Waals surface area contributed by atoms with Crippen LogP contribution in [0.4, 0.5) is 11.6 Å². The molecule has 0 aliphatic rings. The molecule has 2 heterocycles. The molecular weight excluding hydrogens is 368 g/mol. The summed E-state index contributed by atoms with van der Waals surface area (Å²) in [7, 11) is 1.87. The Balaban J connectivity index is 1.44. The van der Waals surface area contributed by atoms with Gasteiger partial charge in [-0.2, -0.15) is 0 Å². The lowest BCUT2D eigenvalue weighted by atomic mass is 10.1. The van der Waals surface area contributed by atoms with E-state index in [1.807, 2.05) is 35.9 Å². The zero-order valence-corrected chi connectivity index (χ0v) is 15.6. The van der Waals surface area contributed by atoms with Gasteiger partial charge in [-0.3, -0.25) is 20.4 Å². The Kier molecular flexibility index (Phi) is 4.90. The average molecular weight is 386 g/mol. The second-order valence-electron chi connectivity index (χ2n) is 6.36. The van der Waals surface area contributed by atoms with Crippen molar-refractivity contribution in [1.82, 2.24) is 25.4 Å². The molecule has 29 heavy (non-hydrogen) atoms. The zero-order valence-electron chi connectivity index (χ0n) is 15.6. The third-order valence-electron chi connectivity index (χ3n) is 4.38. The Morgan fingerprint density at radius 3 is 2.48 bits per heavy atom. The van der Waals surface area contributed by atoms with Gasteiger partial charge in [0, 0.05) is 47.8 Å². The maximum atomic E-state index is 12.5. The summed E-state index contributed by atoms with van der Waals surface area (Å²) >= 11 is 0. The first-order chi connectivity index (χ1) is 14.1. The molecule has 2 amide bonds. The van der Waals surface area contributed by atoms with E-state index in [9.17, 15) is 9.59 Å². The van der Waals surface area contributed by atoms with Gasteiger partial charge in [-0.25, -0.2) is 9.97 Å². The van der Waals surface area contributed by atoms with Crippen LogP contribution in [-0.2, 0) is 7.05 Å². The fourth-order valence-electron chi connectivity index (χ4n) is 3.01. The van der Waals surface area contributed by atoms with Crippen molar-refractivity contribution in [2.45, 2.75) is 0 Å². The molecule has 0 atom stereocenters. The van der Waals surface area contributed by atoms with Gasteiger partial charge in [-0.1, -0.05) is 24.3 Å². The van der Waals surface area contributed by atoms with E-state index in [1.54, 1.807) is 48.9 Å². The molecule has 144 valence electrons. The van der Waals surface area contributed by atoms with Crippen molar-refractivity contribution < 1.29 is 9.59 Å². The topological polar surface area (TPSA) is 101 Å². The van der Waals surface area contributed by atoms with Gasteiger partial charge in [-0.05, 0) is 30.3 Å². The third-order valence-corrected chi connectivity index (χ3v) is 4.38. The number of amides is 2. The van der Waals surface area contributed by atoms with Crippen molar-refractivity contribution >= 4 is 34.4 Å². The molecule has 0 bridgehead atoms. The van der Waals surface area contributed by atoms with Gasteiger partial charge in [0.15, 0.2) is 0 Å². The number of anilines is 2. The van der Waals surface area contributed by atoms with Gasteiger partial charge in [0.25, 0.3) is 11.8 Å². The van der Waals surface area contributed by atoms with Crippen LogP contribution in [-0.4, -0.2) is 26.3 Å². The molecular formula is C21H18N6O2. The van der Waals surface area contributed by atoms with Crippen LogP contribution in [0.5, 0.6) is 0 Å². The first-order valence-electron chi connectivity index (χ1n) is 8.90. The van der Waals surface area contributed by atoms with E-state index in [0.717, 1.165) is 10.9 Å². The number of aryl methyl sites for hydroxylation is 1. The molecule has 0 saturated carbocycles. The lowest BCUT2D eigenvalue weighted by Crippen LogP contribution is -2.41. The van der Waals surface area contributed by atoms with E-state index in [4.69, 9.17) is 0 Å². The number of carbonyl (C=O) groups is 2. The minimum Gasteiger partial charge on any atom is -0.350 e. The molecule has 0 spiro atoms. The maximum Gasteiger partial charge on any atom is 0.271 e. The summed E-state index contributed by atoms with van der Waals surface area (Å²) in [5.74, 6) is -0.396. The quantitative estimate of drug-likeness (QED) is 0.468. The van der Waals surface area contributed by atoms with Crippen molar-refractivity contribution in [2.24, 2.45) is 7.05 Å². The Labute approximate surface area is 166 Å². The number of aromatic nitrogens is 3. The van der Waals surface area contributed by atoms with E-state index in [1.165, 1.54) is 0 Å². The minimum absolute atomic E-state index is 0.379.